The molecule has 1 aliphatic heterocycles. The van der Waals surface area contributed by atoms with Crippen molar-refractivity contribution in [3.05, 3.63) is 0 Å². The average molecular weight is 226 g/mol. The van der Waals surface area contributed by atoms with Gasteiger partial charge >= 0.3 is 0 Å². The van der Waals surface area contributed by atoms with Gasteiger partial charge in [0.05, 0.1) is 19.2 Å². The first-order chi connectivity index (χ1) is 6.00. The molecule has 0 unspecified atom stereocenters. The lowest BCUT2D eigenvalue weighted by Crippen LogP contribution is -2.39. The van der Waals surface area contributed by atoms with Gasteiger partial charge in [-0.05, 0) is 0 Å². The van der Waals surface area contributed by atoms with E-state index in [2.05, 4.69) is 0 Å². The summed E-state index contributed by atoms with van der Waals surface area (Å²) in [6.07, 6.45) is -0.588. The Morgan fingerprint density at radius 3 is 2.71 bits per heavy atom. The van der Waals surface area contributed by atoms with Crippen LogP contribution in [0.2, 0.25) is 0 Å². The number of halogens is 3. The molecule has 0 aromatic heterocycles. The highest BCUT2D eigenvalue weighted by atomic mass is 35.5. The van der Waals surface area contributed by atoms with Gasteiger partial charge in [-0.1, -0.05) is 0 Å². The van der Waals surface area contributed by atoms with Crippen molar-refractivity contribution in [3.8, 4) is 6.07 Å². The fourth-order valence-electron chi connectivity index (χ4n) is 1.31. The summed E-state index contributed by atoms with van der Waals surface area (Å²) >= 11 is 0. The van der Waals surface area contributed by atoms with E-state index in [4.69, 9.17) is 11.0 Å². The molecule has 80 valence electrons. The molecule has 0 aromatic carbocycles. The lowest BCUT2D eigenvalue weighted by atomic mass is 10.2. The van der Waals surface area contributed by atoms with Gasteiger partial charge in [0.15, 0.2) is 0 Å². The Bertz CT molecular complexity index is 266. The average Bonchev–Trinajstić information content (AvgIpc) is 2.39. The van der Waals surface area contributed by atoms with Gasteiger partial charge in [-0.3, -0.25) is 4.79 Å². The number of carbonyl (C=O) groups excluding carboxylic acids is 1. The van der Waals surface area contributed by atoms with Crippen LogP contribution in [0.4, 0.5) is 8.78 Å². The first-order valence-electron chi connectivity index (χ1n) is 3.77. The Morgan fingerprint density at radius 2 is 2.29 bits per heavy atom. The van der Waals surface area contributed by atoms with Crippen LogP contribution in [-0.2, 0) is 4.79 Å². The van der Waals surface area contributed by atoms with Crippen molar-refractivity contribution in [2.24, 2.45) is 5.73 Å². The van der Waals surface area contributed by atoms with Crippen molar-refractivity contribution < 1.29 is 13.6 Å². The molecule has 0 aliphatic carbocycles. The van der Waals surface area contributed by atoms with E-state index < -0.39 is 30.8 Å². The summed E-state index contributed by atoms with van der Waals surface area (Å²) in [5.41, 5.74) is 5.01. The van der Waals surface area contributed by atoms with Crippen LogP contribution in [0.1, 0.15) is 6.42 Å². The fraction of sp³-hybridized carbons (Fsp3) is 0.714. The van der Waals surface area contributed by atoms with Gasteiger partial charge in [-0.25, -0.2) is 8.78 Å². The van der Waals surface area contributed by atoms with Crippen LogP contribution in [0.5, 0.6) is 0 Å². The lowest BCUT2D eigenvalue weighted by molar-refractivity contribution is -0.130. The zero-order chi connectivity index (χ0) is 10.1. The molecule has 1 heterocycles. The number of hydrogen-bond donors (Lipinski definition) is 1. The summed E-state index contributed by atoms with van der Waals surface area (Å²) in [6, 6.07) is 0.618. The van der Waals surface area contributed by atoms with Gasteiger partial charge in [0, 0.05) is 6.42 Å². The van der Waals surface area contributed by atoms with Crippen molar-refractivity contribution in [1.29, 1.82) is 5.26 Å². The number of hydrogen-bond acceptors (Lipinski definition) is 3. The molecule has 2 N–H and O–H groups in total. The van der Waals surface area contributed by atoms with Crippen molar-refractivity contribution in [1.82, 2.24) is 4.90 Å². The Balaban J connectivity index is 0.00000169. The summed E-state index contributed by atoms with van der Waals surface area (Å²) in [4.78, 5) is 11.8. The summed E-state index contributed by atoms with van der Waals surface area (Å²) in [7, 11) is 0. The molecule has 1 rings (SSSR count). The highest BCUT2D eigenvalue weighted by Crippen LogP contribution is 2.31. The first kappa shape index (κ1) is 13.1. The van der Waals surface area contributed by atoms with Gasteiger partial charge in [0.25, 0.3) is 5.92 Å². The third kappa shape index (κ3) is 2.53. The Kier molecular flexibility index (Phi) is 4.23. The van der Waals surface area contributed by atoms with E-state index in [1.54, 1.807) is 6.07 Å². The van der Waals surface area contributed by atoms with Crippen LogP contribution in [0, 0.1) is 11.3 Å². The number of nitrogens with zero attached hydrogens (tertiary/aromatic N) is 2. The smallest absolute Gasteiger partial charge is 0.268 e. The summed E-state index contributed by atoms with van der Waals surface area (Å²) < 4.78 is 25.5. The Morgan fingerprint density at radius 1 is 1.71 bits per heavy atom. The number of amides is 1. The van der Waals surface area contributed by atoms with Gasteiger partial charge in [-0.15, -0.1) is 12.4 Å². The molecule has 0 radical (unpaired) electrons. The van der Waals surface area contributed by atoms with Gasteiger partial charge in [0.2, 0.25) is 5.91 Å². The van der Waals surface area contributed by atoms with Crippen molar-refractivity contribution in [3.63, 3.8) is 0 Å². The highest BCUT2D eigenvalue weighted by Gasteiger charge is 2.46. The number of likely N-dealkylation sites (tertiary alicyclic amines) is 1. The number of rotatable bonds is 1. The van der Waals surface area contributed by atoms with Crippen LogP contribution in [0.25, 0.3) is 0 Å². The molecule has 1 amide bonds. The van der Waals surface area contributed by atoms with Crippen LogP contribution >= 0.6 is 12.4 Å². The first-order valence-corrected chi connectivity index (χ1v) is 3.77. The van der Waals surface area contributed by atoms with Crippen LogP contribution < -0.4 is 5.73 Å². The maximum absolute atomic E-state index is 12.7. The quantitative estimate of drug-likeness (QED) is 0.690. The summed E-state index contributed by atoms with van der Waals surface area (Å²) in [5, 5.41) is 8.50. The molecule has 1 aliphatic rings. The third-order valence-corrected chi connectivity index (χ3v) is 1.91. The van der Waals surface area contributed by atoms with Gasteiger partial charge < -0.3 is 10.6 Å². The topological polar surface area (TPSA) is 70.1 Å². The molecule has 0 spiro atoms. The van der Waals surface area contributed by atoms with Crippen molar-refractivity contribution in [2.75, 3.05) is 13.1 Å². The van der Waals surface area contributed by atoms with E-state index in [-0.39, 0.29) is 19.0 Å². The van der Waals surface area contributed by atoms with Crippen molar-refractivity contribution in [2.45, 2.75) is 18.4 Å². The minimum absolute atomic E-state index is 0. The molecule has 1 fully saturated rings. The molecule has 0 saturated carbocycles. The van der Waals surface area contributed by atoms with E-state index in [0.29, 0.717) is 0 Å². The molecule has 14 heavy (non-hydrogen) atoms. The SMILES string of the molecule is Cl.N#C[C@H]1CC(F)(F)CN1C(=O)CN. The highest BCUT2D eigenvalue weighted by molar-refractivity contribution is 5.85. The van der Waals surface area contributed by atoms with Crippen LogP contribution in [-0.4, -0.2) is 35.9 Å². The van der Waals surface area contributed by atoms with E-state index in [0.717, 1.165) is 4.90 Å². The van der Waals surface area contributed by atoms with Crippen LogP contribution in [0.3, 0.4) is 0 Å². The second kappa shape index (κ2) is 4.53. The second-order valence-electron chi connectivity index (χ2n) is 2.93. The van der Waals surface area contributed by atoms with Gasteiger partial charge in [0.1, 0.15) is 6.04 Å². The predicted octanol–water partition coefficient (Wildman–Crippen LogP) is 0.127. The number of nitriles is 1. The molecule has 1 atom stereocenters. The number of nitrogens with two attached hydrogens (primary N) is 1. The lowest BCUT2D eigenvalue weighted by Gasteiger charge is -2.17. The zero-order valence-corrected chi connectivity index (χ0v) is 8.06. The van der Waals surface area contributed by atoms with E-state index in [1.165, 1.54) is 0 Å². The minimum atomic E-state index is -2.95. The minimum Gasteiger partial charge on any atom is -0.322 e. The monoisotopic (exact) mass is 225 g/mol. The standard InChI is InChI=1S/C7H9F2N3O.ClH/c8-7(9)1-5(2-10)12(4-7)6(13)3-11;/h5H,1,3-4,11H2;1H/t5-;/m1./s1. The number of carbonyl (C=O) groups is 1. The van der Waals surface area contributed by atoms with Gasteiger partial charge in [-0.2, -0.15) is 5.26 Å². The largest absolute Gasteiger partial charge is 0.322 e. The summed E-state index contributed by atoms with van der Waals surface area (Å²) in [5.74, 6) is -3.56. The molecule has 7 heteroatoms. The maximum atomic E-state index is 12.7. The number of alkyl halides is 2. The summed E-state index contributed by atoms with van der Waals surface area (Å²) in [6.45, 7) is -1.03. The molecule has 4 nitrogen and oxygen atoms in total. The molecule has 0 aromatic rings. The molecule has 0 bridgehead atoms. The Labute approximate surface area is 86.1 Å². The fourth-order valence-corrected chi connectivity index (χ4v) is 1.31. The molecule has 1 saturated heterocycles. The van der Waals surface area contributed by atoms with E-state index in [1.807, 2.05) is 0 Å². The maximum Gasteiger partial charge on any atom is 0.268 e. The molecular weight excluding hydrogens is 216 g/mol. The van der Waals surface area contributed by atoms with Crippen LogP contribution in [0.15, 0.2) is 0 Å². The van der Waals surface area contributed by atoms with E-state index >= 15 is 0 Å². The predicted molar refractivity (Wildman–Crippen MR) is 47.0 cm³/mol. The van der Waals surface area contributed by atoms with Crippen molar-refractivity contribution >= 4 is 18.3 Å². The second-order valence-corrected chi connectivity index (χ2v) is 2.93. The molecular formula is C7H10ClF2N3O. The third-order valence-electron chi connectivity index (χ3n) is 1.91. The zero-order valence-electron chi connectivity index (χ0n) is 7.24. The Hall–Kier alpha value is -0.930. The van der Waals surface area contributed by atoms with E-state index in [9.17, 15) is 13.6 Å². The normalized spacial score (nSPS) is 23.9.